The molecule has 0 fully saturated rings. The van der Waals surface area contributed by atoms with E-state index in [2.05, 4.69) is 43.8 Å². The van der Waals surface area contributed by atoms with Crippen LogP contribution in [0.4, 0.5) is 0 Å². The summed E-state index contributed by atoms with van der Waals surface area (Å²) in [7, 11) is 0. The fourth-order valence-corrected chi connectivity index (χ4v) is 2.76. The van der Waals surface area contributed by atoms with E-state index in [0.717, 1.165) is 8.04 Å². The molecule has 0 saturated heterocycles. The van der Waals surface area contributed by atoms with Gasteiger partial charge >= 0.3 is 5.97 Å². The summed E-state index contributed by atoms with van der Waals surface area (Å²) in [6, 6.07) is 5.43. The second-order valence-electron chi connectivity index (χ2n) is 5.00. The molecule has 2 N–H and O–H groups in total. The van der Waals surface area contributed by atoms with Crippen molar-refractivity contribution in [3.63, 3.8) is 0 Å². The average molecular weight is 454 g/mol. The van der Waals surface area contributed by atoms with Gasteiger partial charge in [0.2, 0.25) is 0 Å². The maximum Gasteiger partial charge on any atom is 0.308 e. The van der Waals surface area contributed by atoms with Gasteiger partial charge in [-0.25, -0.2) is 0 Å². The van der Waals surface area contributed by atoms with E-state index in [9.17, 15) is 9.59 Å². The predicted molar refractivity (Wildman–Crippen MR) is 89.8 cm³/mol. The third kappa shape index (κ3) is 5.40. The van der Waals surface area contributed by atoms with Crippen LogP contribution in [0.2, 0.25) is 0 Å². The zero-order valence-corrected chi connectivity index (χ0v) is 15.1. The van der Waals surface area contributed by atoms with Crippen LogP contribution in [-0.2, 0) is 4.79 Å². The minimum absolute atomic E-state index is 0.148. The van der Waals surface area contributed by atoms with Crippen molar-refractivity contribution >= 4 is 50.4 Å². The van der Waals surface area contributed by atoms with Gasteiger partial charge in [-0.2, -0.15) is 0 Å². The van der Waals surface area contributed by atoms with Gasteiger partial charge in [-0.3, -0.25) is 9.59 Å². The van der Waals surface area contributed by atoms with Crippen LogP contribution in [0, 0.1) is 15.4 Å². The number of carbonyl (C=O) groups excluding carboxylic acids is 1. The Kier molecular flexibility index (Phi) is 6.94. The summed E-state index contributed by atoms with van der Waals surface area (Å²) in [6.07, 6.45) is 0.547. The standard InChI is InChI=1S/C14H17BrINO3/c1-8(2)5-9(14(19)20)7-17-13(18)11-6-10(15)3-4-12(11)16/h3-4,6,8-9H,5,7H2,1-2H3,(H,17,18)(H,19,20). The zero-order valence-electron chi connectivity index (χ0n) is 11.3. The first-order chi connectivity index (χ1) is 9.31. The molecule has 0 spiro atoms. The van der Waals surface area contributed by atoms with Crippen LogP contribution < -0.4 is 5.32 Å². The molecule has 6 heteroatoms. The van der Waals surface area contributed by atoms with E-state index in [1.807, 2.05) is 26.0 Å². The van der Waals surface area contributed by atoms with Gasteiger partial charge in [0.1, 0.15) is 0 Å². The maximum atomic E-state index is 12.1. The number of hydrogen-bond donors (Lipinski definition) is 2. The van der Waals surface area contributed by atoms with Crippen LogP contribution in [0.1, 0.15) is 30.6 Å². The number of carboxylic acids is 1. The second-order valence-corrected chi connectivity index (χ2v) is 7.08. The Morgan fingerprint density at radius 2 is 2.05 bits per heavy atom. The summed E-state index contributed by atoms with van der Waals surface area (Å²) in [6.45, 7) is 4.08. The van der Waals surface area contributed by atoms with Crippen molar-refractivity contribution in [1.82, 2.24) is 5.32 Å². The van der Waals surface area contributed by atoms with Crippen molar-refractivity contribution in [2.75, 3.05) is 6.54 Å². The monoisotopic (exact) mass is 453 g/mol. The molecule has 0 aliphatic carbocycles. The lowest BCUT2D eigenvalue weighted by molar-refractivity contribution is -0.142. The normalized spacial score (nSPS) is 12.2. The fourth-order valence-electron chi connectivity index (χ4n) is 1.82. The molecule has 0 bridgehead atoms. The Morgan fingerprint density at radius 3 is 2.60 bits per heavy atom. The highest BCUT2D eigenvalue weighted by atomic mass is 127. The van der Waals surface area contributed by atoms with Gasteiger partial charge in [-0.05, 0) is 53.1 Å². The number of carbonyl (C=O) groups is 2. The van der Waals surface area contributed by atoms with Crippen LogP contribution in [0.3, 0.4) is 0 Å². The molecular weight excluding hydrogens is 437 g/mol. The maximum absolute atomic E-state index is 12.1. The van der Waals surface area contributed by atoms with Crippen molar-refractivity contribution < 1.29 is 14.7 Å². The second kappa shape index (κ2) is 7.97. The van der Waals surface area contributed by atoms with Crippen molar-refractivity contribution in [1.29, 1.82) is 0 Å². The highest BCUT2D eigenvalue weighted by Crippen LogP contribution is 2.18. The van der Waals surface area contributed by atoms with Crippen LogP contribution >= 0.6 is 38.5 Å². The minimum Gasteiger partial charge on any atom is -0.481 e. The minimum atomic E-state index is -0.872. The molecule has 0 radical (unpaired) electrons. The van der Waals surface area contributed by atoms with Crippen molar-refractivity contribution in [3.05, 3.63) is 31.8 Å². The predicted octanol–water partition coefficient (Wildman–Crippen LogP) is 3.53. The number of amides is 1. The van der Waals surface area contributed by atoms with Gasteiger partial charge in [-0.15, -0.1) is 0 Å². The van der Waals surface area contributed by atoms with E-state index in [1.165, 1.54) is 0 Å². The molecule has 110 valence electrons. The molecule has 1 atom stereocenters. The van der Waals surface area contributed by atoms with Crippen LogP contribution in [0.5, 0.6) is 0 Å². The van der Waals surface area contributed by atoms with E-state index >= 15 is 0 Å². The van der Waals surface area contributed by atoms with Crippen molar-refractivity contribution in [2.24, 2.45) is 11.8 Å². The number of benzene rings is 1. The van der Waals surface area contributed by atoms with E-state index in [4.69, 9.17) is 5.11 Å². The van der Waals surface area contributed by atoms with Crippen LogP contribution in [0.25, 0.3) is 0 Å². The molecule has 1 amide bonds. The third-order valence-corrected chi connectivity index (χ3v) is 4.22. The number of aliphatic carboxylic acids is 1. The summed E-state index contributed by atoms with van der Waals surface area (Å²) in [4.78, 5) is 23.2. The Hall–Kier alpha value is -0.630. The summed E-state index contributed by atoms with van der Waals surface area (Å²) in [5, 5.41) is 11.9. The Labute approximate surface area is 140 Å². The number of halogens is 2. The largest absolute Gasteiger partial charge is 0.481 e. The van der Waals surface area contributed by atoms with Crippen molar-refractivity contribution in [3.8, 4) is 0 Å². The molecule has 0 aliphatic heterocycles. The summed E-state index contributed by atoms with van der Waals surface area (Å²) < 4.78 is 1.65. The molecular formula is C14H17BrINO3. The summed E-state index contributed by atoms with van der Waals surface area (Å²) in [5.41, 5.74) is 0.550. The van der Waals surface area contributed by atoms with Gasteiger partial charge in [-0.1, -0.05) is 29.8 Å². The molecule has 0 saturated carbocycles. The van der Waals surface area contributed by atoms with Gasteiger partial charge in [0, 0.05) is 14.6 Å². The highest BCUT2D eigenvalue weighted by Gasteiger charge is 2.20. The lowest BCUT2D eigenvalue weighted by atomic mass is 9.97. The first-order valence-corrected chi connectivity index (χ1v) is 8.14. The Morgan fingerprint density at radius 1 is 1.40 bits per heavy atom. The quantitative estimate of drug-likeness (QED) is 0.647. The molecule has 1 unspecified atom stereocenters. The van der Waals surface area contributed by atoms with E-state index in [-0.39, 0.29) is 18.4 Å². The molecule has 1 aromatic carbocycles. The van der Waals surface area contributed by atoms with Gasteiger partial charge < -0.3 is 10.4 Å². The van der Waals surface area contributed by atoms with Crippen LogP contribution in [-0.4, -0.2) is 23.5 Å². The SMILES string of the molecule is CC(C)CC(CNC(=O)c1cc(Br)ccc1I)C(=O)O. The van der Waals surface area contributed by atoms with Gasteiger partial charge in [0.05, 0.1) is 11.5 Å². The molecule has 0 aliphatic rings. The van der Waals surface area contributed by atoms with Gasteiger partial charge in [0.25, 0.3) is 5.91 Å². The fraction of sp³-hybridized carbons (Fsp3) is 0.429. The average Bonchev–Trinajstić information content (AvgIpc) is 2.36. The first kappa shape index (κ1) is 17.4. The number of carboxylic acid groups (broad SMARTS) is 1. The van der Waals surface area contributed by atoms with E-state index in [0.29, 0.717) is 12.0 Å². The van der Waals surface area contributed by atoms with Gasteiger partial charge in [0.15, 0.2) is 0 Å². The first-order valence-electron chi connectivity index (χ1n) is 6.27. The summed E-state index contributed by atoms with van der Waals surface area (Å²) in [5.74, 6) is -1.39. The number of nitrogens with one attached hydrogen (secondary N) is 1. The third-order valence-electron chi connectivity index (χ3n) is 2.79. The molecule has 0 heterocycles. The lowest BCUT2D eigenvalue weighted by Crippen LogP contribution is -2.34. The smallest absolute Gasteiger partial charge is 0.308 e. The van der Waals surface area contributed by atoms with E-state index < -0.39 is 11.9 Å². The summed E-state index contributed by atoms with van der Waals surface area (Å²) >= 11 is 5.41. The molecule has 1 aromatic rings. The molecule has 0 aromatic heterocycles. The molecule has 20 heavy (non-hydrogen) atoms. The Balaban J connectivity index is 2.70. The Bertz CT molecular complexity index is 505. The molecule has 4 nitrogen and oxygen atoms in total. The van der Waals surface area contributed by atoms with E-state index in [1.54, 1.807) is 6.07 Å². The van der Waals surface area contributed by atoms with Crippen molar-refractivity contribution in [2.45, 2.75) is 20.3 Å². The lowest BCUT2D eigenvalue weighted by Gasteiger charge is -2.15. The number of hydrogen-bond acceptors (Lipinski definition) is 2. The number of rotatable bonds is 6. The highest BCUT2D eigenvalue weighted by molar-refractivity contribution is 14.1. The zero-order chi connectivity index (χ0) is 15.3. The molecule has 1 rings (SSSR count). The van der Waals surface area contributed by atoms with Crippen LogP contribution in [0.15, 0.2) is 22.7 Å². The topological polar surface area (TPSA) is 66.4 Å².